The van der Waals surface area contributed by atoms with E-state index in [-0.39, 0.29) is 16.9 Å². The predicted molar refractivity (Wildman–Crippen MR) is 80.2 cm³/mol. The Balaban J connectivity index is 2.71. The van der Waals surface area contributed by atoms with E-state index in [1.807, 2.05) is 20.8 Å². The van der Waals surface area contributed by atoms with E-state index in [4.69, 9.17) is 10.5 Å². The number of benzene rings is 1. The average molecular weight is 300 g/mol. The summed E-state index contributed by atoms with van der Waals surface area (Å²) in [6.07, 6.45) is 0.771. The van der Waals surface area contributed by atoms with Gasteiger partial charge in [-0.25, -0.2) is 13.1 Å². The molecule has 0 aliphatic heterocycles. The van der Waals surface area contributed by atoms with Crippen molar-refractivity contribution in [2.75, 3.05) is 13.2 Å². The van der Waals surface area contributed by atoms with Crippen LogP contribution < -0.4 is 15.2 Å². The van der Waals surface area contributed by atoms with E-state index in [9.17, 15) is 8.42 Å². The lowest BCUT2D eigenvalue weighted by Gasteiger charge is -2.17. The molecule has 0 fully saturated rings. The van der Waals surface area contributed by atoms with Gasteiger partial charge < -0.3 is 10.5 Å². The Hall–Kier alpha value is -1.11. The maximum absolute atomic E-state index is 12.2. The third kappa shape index (κ3) is 5.11. The molecule has 0 saturated carbocycles. The second-order valence-electron chi connectivity index (χ2n) is 5.12. The number of hydrogen-bond acceptors (Lipinski definition) is 4. The summed E-state index contributed by atoms with van der Waals surface area (Å²) in [6, 6.07) is 6.30. The normalized spacial score (nSPS) is 13.4. The third-order valence-corrected chi connectivity index (χ3v) is 4.67. The van der Waals surface area contributed by atoms with Crippen LogP contribution in [0.15, 0.2) is 29.2 Å². The van der Waals surface area contributed by atoms with Crippen LogP contribution in [0.1, 0.15) is 27.2 Å². The summed E-state index contributed by atoms with van der Waals surface area (Å²) in [5, 5.41) is 0. The van der Waals surface area contributed by atoms with Gasteiger partial charge in [0.05, 0.1) is 11.5 Å². The van der Waals surface area contributed by atoms with E-state index >= 15 is 0 Å². The van der Waals surface area contributed by atoms with Gasteiger partial charge in [0, 0.05) is 6.04 Å². The summed E-state index contributed by atoms with van der Waals surface area (Å²) in [5.74, 6) is 0.887. The molecule has 6 heteroatoms. The predicted octanol–water partition coefficient (Wildman–Crippen LogP) is 1.74. The first-order valence-electron chi connectivity index (χ1n) is 6.82. The van der Waals surface area contributed by atoms with Crippen molar-refractivity contribution in [3.8, 4) is 5.75 Å². The van der Waals surface area contributed by atoms with Crippen molar-refractivity contribution in [2.24, 2.45) is 11.7 Å². The van der Waals surface area contributed by atoms with Crippen LogP contribution >= 0.6 is 0 Å². The maximum atomic E-state index is 12.2. The monoisotopic (exact) mass is 300 g/mol. The Morgan fingerprint density at radius 1 is 1.20 bits per heavy atom. The molecule has 1 aromatic carbocycles. The number of hydrogen-bond donors (Lipinski definition) is 2. The van der Waals surface area contributed by atoms with E-state index in [1.54, 1.807) is 24.3 Å². The summed E-state index contributed by atoms with van der Waals surface area (Å²) < 4.78 is 32.4. The summed E-state index contributed by atoms with van der Waals surface area (Å²) in [5.41, 5.74) is 5.38. The van der Waals surface area contributed by atoms with E-state index in [0.717, 1.165) is 6.42 Å². The molecule has 1 aromatic rings. The van der Waals surface area contributed by atoms with Crippen LogP contribution in [0.3, 0.4) is 0 Å². The summed E-state index contributed by atoms with van der Waals surface area (Å²) >= 11 is 0. The Bertz CT molecular complexity index is 498. The first-order valence-corrected chi connectivity index (χ1v) is 8.30. The van der Waals surface area contributed by atoms with Crippen LogP contribution in [0.25, 0.3) is 0 Å². The maximum Gasteiger partial charge on any atom is 0.240 e. The Morgan fingerprint density at radius 2 is 1.80 bits per heavy atom. The Kier molecular flexibility index (Phi) is 6.45. The van der Waals surface area contributed by atoms with Crippen molar-refractivity contribution in [3.63, 3.8) is 0 Å². The molecule has 0 radical (unpaired) electrons. The molecule has 20 heavy (non-hydrogen) atoms. The fraction of sp³-hybridized carbons (Fsp3) is 0.571. The van der Waals surface area contributed by atoms with Crippen molar-refractivity contribution in [1.29, 1.82) is 0 Å². The highest BCUT2D eigenvalue weighted by molar-refractivity contribution is 7.89. The van der Waals surface area contributed by atoms with Crippen LogP contribution in [0.4, 0.5) is 0 Å². The first kappa shape index (κ1) is 16.9. The van der Waals surface area contributed by atoms with Crippen molar-refractivity contribution < 1.29 is 13.2 Å². The van der Waals surface area contributed by atoms with Gasteiger partial charge in [0.1, 0.15) is 5.75 Å². The molecule has 1 unspecified atom stereocenters. The molecular formula is C14H24N2O3S. The van der Waals surface area contributed by atoms with Gasteiger partial charge in [0.2, 0.25) is 10.0 Å². The molecule has 5 nitrogen and oxygen atoms in total. The lowest BCUT2D eigenvalue weighted by atomic mass is 10.1. The van der Waals surface area contributed by atoms with E-state index in [1.165, 1.54) is 0 Å². The summed E-state index contributed by atoms with van der Waals surface area (Å²) in [6.45, 7) is 6.91. The van der Waals surface area contributed by atoms with Gasteiger partial charge in [-0.1, -0.05) is 13.8 Å². The second-order valence-corrected chi connectivity index (χ2v) is 6.83. The molecule has 0 heterocycles. The molecule has 0 amide bonds. The van der Waals surface area contributed by atoms with E-state index in [0.29, 0.717) is 18.9 Å². The van der Waals surface area contributed by atoms with Crippen molar-refractivity contribution in [1.82, 2.24) is 4.72 Å². The van der Waals surface area contributed by atoms with E-state index in [2.05, 4.69) is 4.72 Å². The van der Waals surface area contributed by atoms with Gasteiger partial charge >= 0.3 is 0 Å². The first-order chi connectivity index (χ1) is 9.36. The molecule has 1 atom stereocenters. The number of ether oxygens (including phenoxy) is 1. The minimum Gasteiger partial charge on any atom is -0.494 e. The topological polar surface area (TPSA) is 81.4 Å². The second kappa shape index (κ2) is 7.61. The van der Waals surface area contributed by atoms with Crippen LogP contribution in [-0.2, 0) is 10.0 Å². The Morgan fingerprint density at radius 3 is 2.30 bits per heavy atom. The lowest BCUT2D eigenvalue weighted by molar-refractivity contribution is 0.313. The van der Waals surface area contributed by atoms with Crippen LogP contribution in [0.5, 0.6) is 5.75 Å². The molecule has 0 spiro atoms. The molecule has 0 aliphatic rings. The molecule has 0 saturated heterocycles. The molecule has 3 N–H and O–H groups in total. The minimum absolute atomic E-state index is 0.111. The summed E-state index contributed by atoms with van der Waals surface area (Å²) in [7, 11) is -3.47. The van der Waals surface area contributed by atoms with Crippen LogP contribution in [0.2, 0.25) is 0 Å². The van der Waals surface area contributed by atoms with E-state index < -0.39 is 10.0 Å². The highest BCUT2D eigenvalue weighted by Crippen LogP contribution is 2.17. The molecule has 0 bridgehead atoms. The number of sulfonamides is 1. The van der Waals surface area contributed by atoms with Crippen LogP contribution in [0, 0.1) is 5.92 Å². The highest BCUT2D eigenvalue weighted by Gasteiger charge is 2.19. The van der Waals surface area contributed by atoms with Crippen LogP contribution in [-0.4, -0.2) is 27.6 Å². The highest BCUT2D eigenvalue weighted by atomic mass is 32.2. The van der Waals surface area contributed by atoms with Gasteiger partial charge in [0.25, 0.3) is 0 Å². The lowest BCUT2D eigenvalue weighted by Crippen LogP contribution is -2.36. The zero-order valence-corrected chi connectivity index (χ0v) is 13.1. The molecular weight excluding hydrogens is 276 g/mol. The van der Waals surface area contributed by atoms with Gasteiger partial charge in [-0.3, -0.25) is 0 Å². The van der Waals surface area contributed by atoms with Gasteiger partial charge in [-0.05, 0) is 50.1 Å². The molecule has 0 aliphatic carbocycles. The SMILES string of the molecule is CC(C)C(C)NS(=O)(=O)c1ccc(OCCCN)cc1. The summed E-state index contributed by atoms with van der Waals surface area (Å²) in [4.78, 5) is 0.246. The average Bonchev–Trinajstić information content (AvgIpc) is 2.39. The van der Waals surface area contributed by atoms with Crippen molar-refractivity contribution >= 4 is 10.0 Å². The van der Waals surface area contributed by atoms with Gasteiger partial charge in [-0.15, -0.1) is 0 Å². The number of rotatable bonds is 8. The minimum atomic E-state index is -3.47. The number of nitrogens with two attached hydrogens (primary N) is 1. The van der Waals surface area contributed by atoms with Crippen molar-refractivity contribution in [3.05, 3.63) is 24.3 Å². The zero-order chi connectivity index (χ0) is 15.2. The smallest absolute Gasteiger partial charge is 0.240 e. The quantitative estimate of drug-likeness (QED) is 0.717. The van der Waals surface area contributed by atoms with Gasteiger partial charge in [0.15, 0.2) is 0 Å². The third-order valence-electron chi connectivity index (χ3n) is 3.09. The zero-order valence-electron chi connectivity index (χ0n) is 12.3. The standard InChI is InChI=1S/C14H24N2O3S/c1-11(2)12(3)16-20(17,18)14-7-5-13(6-8-14)19-10-4-9-15/h5-8,11-12,16H,4,9-10,15H2,1-3H3. The molecule has 1 rings (SSSR count). The molecule has 114 valence electrons. The Labute approximate surface area is 121 Å². The largest absolute Gasteiger partial charge is 0.494 e. The fourth-order valence-electron chi connectivity index (χ4n) is 1.44. The number of nitrogens with one attached hydrogen (secondary N) is 1. The fourth-order valence-corrected chi connectivity index (χ4v) is 2.83. The van der Waals surface area contributed by atoms with Crippen molar-refractivity contribution in [2.45, 2.75) is 38.1 Å². The molecule has 0 aromatic heterocycles. The van der Waals surface area contributed by atoms with Gasteiger partial charge in [-0.2, -0.15) is 0 Å².